The lowest BCUT2D eigenvalue weighted by Crippen LogP contribution is -2.50. The monoisotopic (exact) mass is 350 g/mol. The number of carbonyl (C=O) groups is 1. The van der Waals surface area contributed by atoms with Gasteiger partial charge in [0.1, 0.15) is 0 Å². The van der Waals surface area contributed by atoms with E-state index in [0.717, 1.165) is 5.56 Å². The van der Waals surface area contributed by atoms with Crippen LogP contribution in [0, 0.1) is 0 Å². The summed E-state index contributed by atoms with van der Waals surface area (Å²) >= 11 is 18.2. The normalized spacial score (nSPS) is 14.7. The Kier molecular flexibility index (Phi) is 6.36. The molecule has 0 aromatic heterocycles. The molecule has 0 spiro atoms. The molecule has 0 heterocycles. The van der Waals surface area contributed by atoms with Crippen molar-refractivity contribution in [1.29, 1.82) is 0 Å². The highest BCUT2D eigenvalue weighted by molar-refractivity contribution is 6.48. The second-order valence-corrected chi connectivity index (χ2v) is 7.28. The highest BCUT2D eigenvalue weighted by Gasteiger charge is 2.22. The maximum absolute atomic E-state index is 12.1. The summed E-state index contributed by atoms with van der Waals surface area (Å²) < 4.78 is 0. The first-order valence-corrected chi connectivity index (χ1v) is 7.88. The molecule has 0 aliphatic heterocycles. The number of nitrogens with one attached hydrogen (secondary N) is 2. The van der Waals surface area contributed by atoms with Crippen molar-refractivity contribution in [3.63, 3.8) is 0 Å². The number of halogens is 3. The zero-order chi connectivity index (χ0) is 16.4. The number of amides is 1. The number of carbonyl (C=O) groups excluding carboxylic acids is 1. The van der Waals surface area contributed by atoms with Crippen LogP contribution in [0.25, 0.3) is 0 Å². The molecule has 118 valence electrons. The van der Waals surface area contributed by atoms with Gasteiger partial charge < -0.3 is 5.32 Å². The molecule has 0 saturated carbocycles. The molecular formula is C15H21Cl3N2O. The van der Waals surface area contributed by atoms with Crippen LogP contribution in [0.5, 0.6) is 0 Å². The van der Waals surface area contributed by atoms with Crippen LogP contribution in [0.1, 0.15) is 46.2 Å². The highest BCUT2D eigenvalue weighted by Crippen LogP contribution is 2.35. The predicted octanol–water partition coefficient (Wildman–Crippen LogP) is 4.60. The maximum atomic E-state index is 12.1. The minimum absolute atomic E-state index is 0.0643. The molecule has 0 bridgehead atoms. The Morgan fingerprint density at radius 2 is 1.67 bits per heavy atom. The smallest absolute Gasteiger partial charge is 0.237 e. The van der Waals surface area contributed by atoms with E-state index in [1.165, 1.54) is 0 Å². The molecule has 2 atom stereocenters. The van der Waals surface area contributed by atoms with E-state index in [1.54, 1.807) is 6.07 Å². The van der Waals surface area contributed by atoms with Gasteiger partial charge in [-0.15, -0.1) is 0 Å². The number of benzene rings is 1. The van der Waals surface area contributed by atoms with Crippen molar-refractivity contribution in [1.82, 2.24) is 10.6 Å². The Balaban J connectivity index is 2.80. The molecule has 0 aliphatic carbocycles. The lowest BCUT2D eigenvalue weighted by Gasteiger charge is -2.26. The summed E-state index contributed by atoms with van der Waals surface area (Å²) in [7, 11) is 0. The molecule has 6 heteroatoms. The molecule has 0 saturated heterocycles. The summed E-state index contributed by atoms with van der Waals surface area (Å²) in [5, 5.41) is 7.29. The van der Waals surface area contributed by atoms with Gasteiger partial charge in [0.2, 0.25) is 5.91 Å². The third-order valence-electron chi connectivity index (χ3n) is 2.92. The van der Waals surface area contributed by atoms with E-state index in [9.17, 15) is 4.79 Å². The molecule has 1 amide bonds. The molecule has 0 aliphatic rings. The van der Waals surface area contributed by atoms with Crippen molar-refractivity contribution in [2.24, 2.45) is 0 Å². The predicted molar refractivity (Wildman–Crippen MR) is 90.4 cm³/mol. The second kappa shape index (κ2) is 7.19. The maximum Gasteiger partial charge on any atom is 0.237 e. The van der Waals surface area contributed by atoms with Crippen molar-refractivity contribution in [3.8, 4) is 0 Å². The lowest BCUT2D eigenvalue weighted by molar-refractivity contribution is -0.124. The molecule has 1 rings (SSSR count). The van der Waals surface area contributed by atoms with Crippen LogP contribution >= 0.6 is 34.8 Å². The number of rotatable bonds is 4. The number of hydrogen-bond acceptors (Lipinski definition) is 2. The summed E-state index contributed by atoms with van der Waals surface area (Å²) in [6.07, 6.45) is 0. The third-order valence-corrected chi connectivity index (χ3v) is 4.23. The summed E-state index contributed by atoms with van der Waals surface area (Å²) in [5.74, 6) is -0.0643. The van der Waals surface area contributed by atoms with Crippen molar-refractivity contribution < 1.29 is 4.79 Å². The first kappa shape index (κ1) is 18.6. The highest BCUT2D eigenvalue weighted by atomic mass is 35.5. The fraction of sp³-hybridized carbons (Fsp3) is 0.533. The van der Waals surface area contributed by atoms with Gasteiger partial charge in [0.25, 0.3) is 0 Å². The van der Waals surface area contributed by atoms with Crippen molar-refractivity contribution in [2.75, 3.05) is 0 Å². The van der Waals surface area contributed by atoms with Crippen LogP contribution in [0.15, 0.2) is 12.1 Å². The third kappa shape index (κ3) is 5.33. The van der Waals surface area contributed by atoms with E-state index in [2.05, 4.69) is 10.6 Å². The van der Waals surface area contributed by atoms with Crippen molar-refractivity contribution >= 4 is 40.7 Å². The Morgan fingerprint density at radius 1 is 1.10 bits per heavy atom. The van der Waals surface area contributed by atoms with Gasteiger partial charge in [-0.25, -0.2) is 0 Å². The standard InChI is InChI=1S/C15H21Cl3N2O/c1-8(10-6-7-11(16)13(18)12(10)17)19-9(2)14(21)20-15(3,4)5/h6-9,19H,1-5H3,(H,20,21). The minimum atomic E-state index is -0.357. The van der Waals surface area contributed by atoms with Gasteiger partial charge in [0.15, 0.2) is 0 Å². The Hall–Kier alpha value is -0.480. The zero-order valence-corrected chi connectivity index (χ0v) is 15.1. The minimum Gasteiger partial charge on any atom is -0.350 e. The van der Waals surface area contributed by atoms with Crippen LogP contribution in [-0.2, 0) is 4.79 Å². The molecule has 1 aromatic carbocycles. The van der Waals surface area contributed by atoms with E-state index < -0.39 is 0 Å². The molecule has 0 fully saturated rings. The largest absolute Gasteiger partial charge is 0.350 e. The van der Waals surface area contributed by atoms with Crippen LogP contribution < -0.4 is 10.6 Å². The summed E-state index contributed by atoms with van der Waals surface area (Å²) in [6.45, 7) is 9.56. The van der Waals surface area contributed by atoms with Gasteiger partial charge in [-0.2, -0.15) is 0 Å². The Bertz CT molecular complexity index is 526. The molecule has 2 N–H and O–H groups in total. The van der Waals surface area contributed by atoms with Crippen LogP contribution in [-0.4, -0.2) is 17.5 Å². The van der Waals surface area contributed by atoms with Crippen LogP contribution in [0.3, 0.4) is 0 Å². The first-order valence-electron chi connectivity index (χ1n) is 6.74. The van der Waals surface area contributed by atoms with E-state index in [-0.39, 0.29) is 23.5 Å². The second-order valence-electron chi connectivity index (χ2n) is 6.11. The summed E-state index contributed by atoms with van der Waals surface area (Å²) in [5.41, 5.74) is 0.541. The topological polar surface area (TPSA) is 41.1 Å². The average Bonchev–Trinajstić information content (AvgIpc) is 2.33. The number of hydrogen-bond donors (Lipinski definition) is 2. The van der Waals surface area contributed by atoms with E-state index in [1.807, 2.05) is 40.7 Å². The molecule has 1 aromatic rings. The van der Waals surface area contributed by atoms with Crippen molar-refractivity contribution in [2.45, 2.75) is 52.2 Å². The first-order chi connectivity index (χ1) is 9.53. The van der Waals surface area contributed by atoms with E-state index in [4.69, 9.17) is 34.8 Å². The Labute approximate surface area is 141 Å². The zero-order valence-electron chi connectivity index (χ0n) is 12.9. The van der Waals surface area contributed by atoms with E-state index in [0.29, 0.717) is 15.1 Å². The fourth-order valence-corrected chi connectivity index (χ4v) is 2.60. The fourth-order valence-electron chi connectivity index (χ4n) is 1.89. The van der Waals surface area contributed by atoms with Gasteiger partial charge in [-0.1, -0.05) is 40.9 Å². The van der Waals surface area contributed by atoms with Crippen molar-refractivity contribution in [3.05, 3.63) is 32.8 Å². The van der Waals surface area contributed by atoms with Gasteiger partial charge in [0, 0.05) is 11.6 Å². The molecule has 0 radical (unpaired) electrons. The van der Waals surface area contributed by atoms with Crippen LogP contribution in [0.2, 0.25) is 15.1 Å². The van der Waals surface area contributed by atoms with E-state index >= 15 is 0 Å². The van der Waals surface area contributed by atoms with Gasteiger partial charge in [-0.05, 0) is 46.2 Å². The lowest BCUT2D eigenvalue weighted by atomic mass is 10.1. The van der Waals surface area contributed by atoms with Crippen LogP contribution in [0.4, 0.5) is 0 Å². The average molecular weight is 352 g/mol. The van der Waals surface area contributed by atoms with Gasteiger partial charge in [-0.3, -0.25) is 10.1 Å². The molecular weight excluding hydrogens is 331 g/mol. The SMILES string of the molecule is CC(NC(C)c1ccc(Cl)c(Cl)c1Cl)C(=O)NC(C)(C)C. The molecule has 2 unspecified atom stereocenters. The summed E-state index contributed by atoms with van der Waals surface area (Å²) in [6, 6.07) is 3.02. The quantitative estimate of drug-likeness (QED) is 0.778. The molecule has 21 heavy (non-hydrogen) atoms. The summed E-state index contributed by atoms with van der Waals surface area (Å²) in [4.78, 5) is 12.1. The van der Waals surface area contributed by atoms with Gasteiger partial charge in [0.05, 0.1) is 21.1 Å². The Morgan fingerprint density at radius 3 is 2.19 bits per heavy atom. The van der Waals surface area contributed by atoms with Gasteiger partial charge >= 0.3 is 0 Å². The molecule has 3 nitrogen and oxygen atoms in total.